The Bertz CT molecular complexity index is 591. The lowest BCUT2D eigenvalue weighted by Crippen LogP contribution is -2.25. The maximum absolute atomic E-state index is 5.83. The van der Waals surface area contributed by atoms with Gasteiger partial charge >= 0.3 is 0 Å². The number of aryl methyl sites for hydroxylation is 1. The van der Waals surface area contributed by atoms with Crippen LogP contribution >= 0.6 is 0 Å². The lowest BCUT2D eigenvalue weighted by Gasteiger charge is -2.25. The Hall–Kier alpha value is -1.88. The van der Waals surface area contributed by atoms with Gasteiger partial charge in [-0.2, -0.15) is 5.10 Å². The molecule has 2 aromatic heterocycles. The normalized spacial score (nSPS) is 16.5. The van der Waals surface area contributed by atoms with Crippen LogP contribution in [-0.2, 0) is 13.6 Å². The summed E-state index contributed by atoms with van der Waals surface area (Å²) in [6.45, 7) is 2.93. The second-order valence-corrected chi connectivity index (χ2v) is 5.72. The first-order chi connectivity index (χ1) is 10.2. The summed E-state index contributed by atoms with van der Waals surface area (Å²) in [6.07, 6.45) is 9.71. The van der Waals surface area contributed by atoms with Gasteiger partial charge in [0.2, 0.25) is 5.88 Å². The summed E-state index contributed by atoms with van der Waals surface area (Å²) < 4.78 is 7.66. The van der Waals surface area contributed by atoms with Gasteiger partial charge in [0, 0.05) is 43.7 Å². The monoisotopic (exact) mass is 286 g/mol. The fraction of sp³-hybridized carbons (Fsp3) is 0.500. The van der Waals surface area contributed by atoms with Gasteiger partial charge < -0.3 is 10.1 Å². The Morgan fingerprint density at radius 1 is 1.48 bits per heavy atom. The molecule has 5 nitrogen and oxygen atoms in total. The van der Waals surface area contributed by atoms with Crippen LogP contribution in [0.25, 0.3) is 0 Å². The molecule has 3 rings (SSSR count). The highest BCUT2D eigenvalue weighted by Gasteiger charge is 2.19. The molecule has 112 valence electrons. The molecule has 1 aliphatic carbocycles. The van der Waals surface area contributed by atoms with Crippen LogP contribution in [0, 0.1) is 0 Å². The lowest BCUT2D eigenvalue weighted by atomic mass is 9.96. The van der Waals surface area contributed by atoms with Gasteiger partial charge in [0.05, 0.1) is 6.20 Å². The van der Waals surface area contributed by atoms with Gasteiger partial charge in [-0.3, -0.25) is 4.68 Å². The number of ether oxygens (including phenoxy) is 1. The van der Waals surface area contributed by atoms with E-state index in [4.69, 9.17) is 4.74 Å². The highest BCUT2D eigenvalue weighted by atomic mass is 16.5. The third-order valence-electron chi connectivity index (χ3n) is 3.98. The number of nitrogens with zero attached hydrogens (tertiary/aromatic N) is 3. The molecule has 0 aromatic carbocycles. The van der Waals surface area contributed by atoms with Crippen molar-refractivity contribution < 1.29 is 4.74 Å². The lowest BCUT2D eigenvalue weighted by molar-refractivity contribution is 0.114. The molecule has 2 aromatic rings. The molecule has 21 heavy (non-hydrogen) atoms. The SMILES string of the molecule is C[C@@H](NCc1ccnc(OC2CCC2)c1)c1cnn(C)c1. The molecule has 1 atom stereocenters. The first-order valence-electron chi connectivity index (χ1n) is 7.54. The number of hydrogen-bond acceptors (Lipinski definition) is 4. The van der Waals surface area contributed by atoms with Crippen molar-refractivity contribution in [1.82, 2.24) is 20.1 Å². The van der Waals surface area contributed by atoms with E-state index in [1.54, 1.807) is 0 Å². The van der Waals surface area contributed by atoms with Crippen molar-refractivity contribution in [1.29, 1.82) is 0 Å². The van der Waals surface area contributed by atoms with E-state index in [0.29, 0.717) is 6.10 Å². The van der Waals surface area contributed by atoms with Gasteiger partial charge in [0.25, 0.3) is 0 Å². The molecule has 0 spiro atoms. The second kappa shape index (κ2) is 6.26. The summed E-state index contributed by atoms with van der Waals surface area (Å²) in [5, 5.41) is 7.70. The van der Waals surface area contributed by atoms with Crippen LogP contribution in [0.2, 0.25) is 0 Å². The molecule has 0 radical (unpaired) electrons. The summed E-state index contributed by atoms with van der Waals surface area (Å²) in [4.78, 5) is 4.29. The van der Waals surface area contributed by atoms with E-state index < -0.39 is 0 Å². The number of pyridine rings is 1. The van der Waals surface area contributed by atoms with Gasteiger partial charge in [-0.05, 0) is 37.8 Å². The van der Waals surface area contributed by atoms with Crippen LogP contribution in [0.1, 0.15) is 43.4 Å². The molecule has 2 heterocycles. The molecule has 1 aliphatic rings. The minimum Gasteiger partial charge on any atom is -0.474 e. The molecule has 0 aliphatic heterocycles. The van der Waals surface area contributed by atoms with Crippen molar-refractivity contribution in [3.63, 3.8) is 0 Å². The van der Waals surface area contributed by atoms with Crippen molar-refractivity contribution in [2.75, 3.05) is 0 Å². The molecular weight excluding hydrogens is 264 g/mol. The topological polar surface area (TPSA) is 52.0 Å². The molecule has 0 unspecified atom stereocenters. The second-order valence-electron chi connectivity index (χ2n) is 5.72. The number of nitrogens with one attached hydrogen (secondary N) is 1. The minimum atomic E-state index is 0.267. The first-order valence-corrected chi connectivity index (χ1v) is 7.54. The summed E-state index contributed by atoms with van der Waals surface area (Å²) in [5.41, 5.74) is 2.38. The molecule has 1 saturated carbocycles. The van der Waals surface area contributed by atoms with Crippen LogP contribution in [0.3, 0.4) is 0 Å². The Kier molecular flexibility index (Phi) is 4.20. The Morgan fingerprint density at radius 2 is 2.33 bits per heavy atom. The molecule has 0 saturated heterocycles. The van der Waals surface area contributed by atoms with Crippen LogP contribution in [0.4, 0.5) is 0 Å². The standard InChI is InChI=1S/C16H22N4O/c1-12(14-10-19-20(2)11-14)18-9-13-6-7-17-16(8-13)21-15-4-3-5-15/h6-8,10-12,15,18H,3-5,9H2,1-2H3/t12-/m1/s1. The van der Waals surface area contributed by atoms with Crippen LogP contribution in [0.5, 0.6) is 5.88 Å². The van der Waals surface area contributed by atoms with Crippen molar-refractivity contribution in [2.45, 2.75) is 44.9 Å². The summed E-state index contributed by atoms with van der Waals surface area (Å²) in [5.74, 6) is 0.744. The van der Waals surface area contributed by atoms with Gasteiger partial charge in [-0.25, -0.2) is 4.98 Å². The van der Waals surface area contributed by atoms with Crippen LogP contribution < -0.4 is 10.1 Å². The predicted octanol–water partition coefficient (Wildman–Crippen LogP) is 2.60. The van der Waals surface area contributed by atoms with Gasteiger partial charge in [-0.15, -0.1) is 0 Å². The van der Waals surface area contributed by atoms with Crippen molar-refractivity contribution >= 4 is 0 Å². The zero-order chi connectivity index (χ0) is 14.7. The fourth-order valence-corrected chi connectivity index (χ4v) is 2.34. The van der Waals surface area contributed by atoms with Crippen molar-refractivity contribution in [2.24, 2.45) is 7.05 Å². The molecule has 0 amide bonds. The van der Waals surface area contributed by atoms with E-state index in [0.717, 1.165) is 25.3 Å². The number of aromatic nitrogens is 3. The molecule has 1 N–H and O–H groups in total. The molecule has 0 bridgehead atoms. The average Bonchev–Trinajstić information content (AvgIpc) is 2.87. The van der Waals surface area contributed by atoms with E-state index >= 15 is 0 Å². The van der Waals surface area contributed by atoms with Gasteiger partial charge in [0.15, 0.2) is 0 Å². The third kappa shape index (κ3) is 3.61. The van der Waals surface area contributed by atoms with Crippen LogP contribution in [-0.4, -0.2) is 20.9 Å². The number of rotatable bonds is 6. The Morgan fingerprint density at radius 3 is 3.00 bits per heavy atom. The zero-order valence-electron chi connectivity index (χ0n) is 12.6. The Balaban J connectivity index is 1.55. The van der Waals surface area contributed by atoms with Gasteiger partial charge in [-0.1, -0.05) is 0 Å². The molecule has 1 fully saturated rings. The summed E-state index contributed by atoms with van der Waals surface area (Å²) in [7, 11) is 1.93. The smallest absolute Gasteiger partial charge is 0.213 e. The highest BCUT2D eigenvalue weighted by molar-refractivity contribution is 5.21. The van der Waals surface area contributed by atoms with Crippen molar-refractivity contribution in [3.05, 3.63) is 41.9 Å². The van der Waals surface area contributed by atoms with E-state index in [1.165, 1.54) is 17.5 Å². The van der Waals surface area contributed by atoms with E-state index in [9.17, 15) is 0 Å². The summed E-state index contributed by atoms with van der Waals surface area (Å²) >= 11 is 0. The molecular formula is C16H22N4O. The summed E-state index contributed by atoms with van der Waals surface area (Å²) in [6, 6.07) is 4.32. The average molecular weight is 286 g/mol. The quantitative estimate of drug-likeness (QED) is 0.887. The maximum atomic E-state index is 5.83. The number of hydrogen-bond donors (Lipinski definition) is 1. The Labute approximate surface area is 125 Å². The predicted molar refractivity (Wildman–Crippen MR) is 81.0 cm³/mol. The van der Waals surface area contributed by atoms with Gasteiger partial charge in [0.1, 0.15) is 6.10 Å². The first kappa shape index (κ1) is 14.1. The highest BCUT2D eigenvalue weighted by Crippen LogP contribution is 2.24. The van der Waals surface area contributed by atoms with E-state index in [-0.39, 0.29) is 6.04 Å². The zero-order valence-corrected chi connectivity index (χ0v) is 12.6. The maximum Gasteiger partial charge on any atom is 0.213 e. The van der Waals surface area contributed by atoms with E-state index in [2.05, 4.69) is 22.3 Å². The van der Waals surface area contributed by atoms with Crippen molar-refractivity contribution in [3.8, 4) is 5.88 Å². The third-order valence-corrected chi connectivity index (χ3v) is 3.98. The molecule has 5 heteroatoms. The van der Waals surface area contributed by atoms with Crippen LogP contribution in [0.15, 0.2) is 30.7 Å². The fourth-order valence-electron chi connectivity index (χ4n) is 2.34. The van der Waals surface area contributed by atoms with E-state index in [1.807, 2.05) is 42.5 Å². The minimum absolute atomic E-state index is 0.267. The largest absolute Gasteiger partial charge is 0.474 e.